The summed E-state index contributed by atoms with van der Waals surface area (Å²) in [5, 5.41) is 19.9. The second-order valence-corrected chi connectivity index (χ2v) is 3.70. The smallest absolute Gasteiger partial charge is 0.0964 e. The molecule has 7 heteroatoms. The van der Waals surface area contributed by atoms with E-state index in [1.807, 2.05) is 12.4 Å². The molecule has 0 aliphatic rings. The molecule has 0 bridgehead atoms. The minimum Gasteiger partial charge on any atom is -0.394 e. The minimum absolute atomic E-state index is 0.0794. The highest BCUT2D eigenvalue weighted by molar-refractivity contribution is 4.95. The Balaban J connectivity index is 1.67. The standard InChI is InChI=1S/C10H16N6O/c17-4-3-16-7-10(14-15-16)6-11-2-1-9-5-12-8-13-9/h5,7-8,11,17H,1-4,6H2,(H,12,13). The quantitative estimate of drug-likeness (QED) is 0.554. The Bertz CT molecular complexity index is 424. The maximum absolute atomic E-state index is 8.74. The van der Waals surface area contributed by atoms with Crippen LogP contribution in [-0.2, 0) is 19.5 Å². The van der Waals surface area contributed by atoms with E-state index in [1.165, 1.54) is 0 Å². The first-order chi connectivity index (χ1) is 8.38. The summed E-state index contributed by atoms with van der Waals surface area (Å²) in [5.74, 6) is 0. The predicted molar refractivity (Wildman–Crippen MR) is 61.1 cm³/mol. The van der Waals surface area contributed by atoms with Gasteiger partial charge >= 0.3 is 0 Å². The van der Waals surface area contributed by atoms with Crippen LogP contribution < -0.4 is 5.32 Å². The fourth-order valence-electron chi connectivity index (χ4n) is 1.49. The Morgan fingerprint density at radius 1 is 1.47 bits per heavy atom. The van der Waals surface area contributed by atoms with Crippen LogP contribution in [0.4, 0.5) is 0 Å². The van der Waals surface area contributed by atoms with Crippen LogP contribution in [0.15, 0.2) is 18.7 Å². The summed E-state index contributed by atoms with van der Waals surface area (Å²) in [4.78, 5) is 7.00. The summed E-state index contributed by atoms with van der Waals surface area (Å²) in [6.07, 6.45) is 6.24. The Kier molecular flexibility index (Phi) is 4.23. The van der Waals surface area contributed by atoms with E-state index in [0.717, 1.165) is 24.4 Å². The molecule has 17 heavy (non-hydrogen) atoms. The number of rotatable bonds is 7. The molecule has 0 aliphatic carbocycles. The Hall–Kier alpha value is -1.73. The van der Waals surface area contributed by atoms with Crippen LogP contribution in [0.3, 0.4) is 0 Å². The van der Waals surface area contributed by atoms with E-state index >= 15 is 0 Å². The van der Waals surface area contributed by atoms with Crippen LogP contribution in [-0.4, -0.2) is 43.2 Å². The van der Waals surface area contributed by atoms with E-state index in [2.05, 4.69) is 25.6 Å². The van der Waals surface area contributed by atoms with Gasteiger partial charge < -0.3 is 15.4 Å². The highest BCUT2D eigenvalue weighted by Gasteiger charge is 2.00. The van der Waals surface area contributed by atoms with Crippen molar-refractivity contribution in [1.29, 1.82) is 0 Å². The zero-order chi connectivity index (χ0) is 11.9. The largest absolute Gasteiger partial charge is 0.394 e. The van der Waals surface area contributed by atoms with Crippen LogP contribution in [0.1, 0.15) is 11.4 Å². The van der Waals surface area contributed by atoms with Gasteiger partial charge in [0.25, 0.3) is 0 Å². The van der Waals surface area contributed by atoms with Gasteiger partial charge in [0, 0.05) is 37.6 Å². The first kappa shape index (κ1) is 11.7. The highest BCUT2D eigenvalue weighted by Crippen LogP contribution is 1.94. The number of nitrogens with one attached hydrogen (secondary N) is 2. The molecule has 2 rings (SSSR count). The Morgan fingerprint density at radius 2 is 2.41 bits per heavy atom. The molecule has 3 N–H and O–H groups in total. The topological polar surface area (TPSA) is 91.7 Å². The third kappa shape index (κ3) is 3.65. The van der Waals surface area contributed by atoms with Crippen molar-refractivity contribution < 1.29 is 5.11 Å². The average molecular weight is 236 g/mol. The molecule has 2 aromatic rings. The van der Waals surface area contributed by atoms with Crippen LogP contribution in [0.25, 0.3) is 0 Å². The van der Waals surface area contributed by atoms with Crippen LogP contribution >= 0.6 is 0 Å². The summed E-state index contributed by atoms with van der Waals surface area (Å²) >= 11 is 0. The third-order valence-electron chi connectivity index (χ3n) is 2.35. The number of hydrogen-bond acceptors (Lipinski definition) is 5. The van der Waals surface area contributed by atoms with E-state index in [1.54, 1.807) is 11.0 Å². The van der Waals surface area contributed by atoms with Gasteiger partial charge in [-0.1, -0.05) is 5.21 Å². The van der Waals surface area contributed by atoms with Gasteiger partial charge in [-0.05, 0) is 0 Å². The van der Waals surface area contributed by atoms with E-state index < -0.39 is 0 Å². The molecule has 92 valence electrons. The molecule has 2 heterocycles. The summed E-state index contributed by atoms with van der Waals surface area (Å²) < 4.78 is 1.63. The number of aliphatic hydroxyl groups is 1. The minimum atomic E-state index is 0.0794. The summed E-state index contributed by atoms with van der Waals surface area (Å²) in [7, 11) is 0. The molecule has 0 saturated heterocycles. The van der Waals surface area contributed by atoms with Crippen molar-refractivity contribution in [3.8, 4) is 0 Å². The number of nitrogens with zero attached hydrogens (tertiary/aromatic N) is 4. The van der Waals surface area contributed by atoms with Gasteiger partial charge in [-0.15, -0.1) is 5.10 Å². The normalized spacial score (nSPS) is 10.9. The summed E-state index contributed by atoms with van der Waals surface area (Å²) in [5.41, 5.74) is 1.99. The average Bonchev–Trinajstić information content (AvgIpc) is 2.96. The zero-order valence-corrected chi connectivity index (χ0v) is 9.50. The first-order valence-electron chi connectivity index (χ1n) is 5.56. The lowest BCUT2D eigenvalue weighted by molar-refractivity contribution is 0.268. The lowest BCUT2D eigenvalue weighted by atomic mass is 10.3. The molecule has 7 nitrogen and oxygen atoms in total. The Morgan fingerprint density at radius 3 is 3.18 bits per heavy atom. The predicted octanol–water partition coefficient (Wildman–Crippen LogP) is -0.674. The van der Waals surface area contributed by atoms with E-state index in [0.29, 0.717) is 13.1 Å². The summed E-state index contributed by atoms with van der Waals surface area (Å²) in [6, 6.07) is 0. The molecule has 0 fully saturated rings. The van der Waals surface area contributed by atoms with Gasteiger partial charge in [-0.2, -0.15) is 0 Å². The molecule has 0 spiro atoms. The van der Waals surface area contributed by atoms with Crippen molar-refractivity contribution in [3.05, 3.63) is 30.1 Å². The van der Waals surface area contributed by atoms with Crippen molar-refractivity contribution in [3.63, 3.8) is 0 Å². The molecule has 0 saturated carbocycles. The van der Waals surface area contributed by atoms with Gasteiger partial charge in [0.2, 0.25) is 0 Å². The van der Waals surface area contributed by atoms with Crippen molar-refractivity contribution in [2.45, 2.75) is 19.5 Å². The van der Waals surface area contributed by atoms with Crippen LogP contribution in [0, 0.1) is 0 Å². The molecule has 0 aromatic carbocycles. The fraction of sp³-hybridized carbons (Fsp3) is 0.500. The number of H-pyrrole nitrogens is 1. The molecule has 0 atom stereocenters. The van der Waals surface area contributed by atoms with E-state index in [-0.39, 0.29) is 6.61 Å². The van der Waals surface area contributed by atoms with Gasteiger partial charge in [0.1, 0.15) is 0 Å². The van der Waals surface area contributed by atoms with E-state index in [9.17, 15) is 0 Å². The zero-order valence-electron chi connectivity index (χ0n) is 9.50. The highest BCUT2D eigenvalue weighted by atomic mass is 16.3. The molecular formula is C10H16N6O. The second kappa shape index (κ2) is 6.12. The second-order valence-electron chi connectivity index (χ2n) is 3.70. The maximum atomic E-state index is 8.74. The van der Waals surface area contributed by atoms with Crippen LogP contribution in [0.5, 0.6) is 0 Å². The lowest BCUT2D eigenvalue weighted by Crippen LogP contribution is -2.17. The molecule has 0 amide bonds. The van der Waals surface area contributed by atoms with Crippen molar-refractivity contribution >= 4 is 0 Å². The van der Waals surface area contributed by atoms with Crippen molar-refractivity contribution in [2.24, 2.45) is 0 Å². The first-order valence-corrected chi connectivity index (χ1v) is 5.56. The fourth-order valence-corrected chi connectivity index (χ4v) is 1.49. The molecule has 0 unspecified atom stereocenters. The van der Waals surface area contributed by atoms with Crippen molar-refractivity contribution in [1.82, 2.24) is 30.3 Å². The van der Waals surface area contributed by atoms with E-state index in [4.69, 9.17) is 5.11 Å². The third-order valence-corrected chi connectivity index (χ3v) is 2.35. The van der Waals surface area contributed by atoms with Gasteiger partial charge in [0.05, 0.1) is 25.2 Å². The van der Waals surface area contributed by atoms with Gasteiger partial charge in [-0.3, -0.25) is 0 Å². The molecule has 0 aliphatic heterocycles. The van der Waals surface area contributed by atoms with Crippen LogP contribution in [0.2, 0.25) is 0 Å². The molecule has 2 aromatic heterocycles. The number of aromatic amines is 1. The maximum Gasteiger partial charge on any atom is 0.0964 e. The SMILES string of the molecule is OCCn1cc(CNCCc2cnc[nH]2)nn1. The molecular weight excluding hydrogens is 220 g/mol. The van der Waals surface area contributed by atoms with Gasteiger partial charge in [-0.25, -0.2) is 9.67 Å². The monoisotopic (exact) mass is 236 g/mol. The molecule has 0 radical (unpaired) electrons. The lowest BCUT2D eigenvalue weighted by Gasteiger charge is -2.00. The number of aromatic nitrogens is 5. The Labute approximate surface area is 98.9 Å². The summed E-state index contributed by atoms with van der Waals surface area (Å²) in [6.45, 7) is 2.10. The number of hydrogen-bond donors (Lipinski definition) is 3. The van der Waals surface area contributed by atoms with Crippen molar-refractivity contribution in [2.75, 3.05) is 13.2 Å². The van der Waals surface area contributed by atoms with Gasteiger partial charge in [0.15, 0.2) is 0 Å². The number of imidazole rings is 1. The number of aliphatic hydroxyl groups excluding tert-OH is 1.